The number of anilines is 1. The van der Waals surface area contributed by atoms with Gasteiger partial charge in [-0.1, -0.05) is 23.7 Å². The molecule has 0 aliphatic carbocycles. The van der Waals surface area contributed by atoms with Crippen LogP contribution in [0.25, 0.3) is 5.82 Å². The molecule has 10 heteroatoms. The molecule has 0 radical (unpaired) electrons. The van der Waals surface area contributed by atoms with Crippen LogP contribution < -0.4 is 10.6 Å². The first-order valence-corrected chi connectivity index (χ1v) is 11.1. The number of rotatable bonds is 8. The highest BCUT2D eigenvalue weighted by Gasteiger charge is 2.19. The first kappa shape index (κ1) is 22.9. The number of ether oxygens (including phenoxy) is 1. The summed E-state index contributed by atoms with van der Waals surface area (Å²) in [6.45, 7) is 7.24. The van der Waals surface area contributed by atoms with Crippen molar-refractivity contribution in [2.24, 2.45) is 4.99 Å². The topological polar surface area (TPSA) is 106 Å². The highest BCUT2D eigenvalue weighted by molar-refractivity contribution is 6.30. The zero-order valence-corrected chi connectivity index (χ0v) is 19.1. The molecule has 0 saturated carbocycles. The molecule has 0 spiro atoms. The Morgan fingerprint density at radius 3 is 2.94 bits per heavy atom. The molecule has 2 aromatic heterocycles. The van der Waals surface area contributed by atoms with Crippen molar-refractivity contribution in [2.45, 2.75) is 31.8 Å². The van der Waals surface area contributed by atoms with Gasteiger partial charge in [0.2, 0.25) is 5.95 Å². The van der Waals surface area contributed by atoms with Crippen molar-refractivity contribution >= 4 is 30.2 Å². The van der Waals surface area contributed by atoms with Gasteiger partial charge < -0.3 is 15.4 Å². The third-order valence-electron chi connectivity index (χ3n) is 5.43. The second-order valence-corrected chi connectivity index (χ2v) is 8.32. The van der Waals surface area contributed by atoms with E-state index >= 15 is 0 Å². The highest BCUT2D eigenvalue weighted by Crippen LogP contribution is 2.20. The zero-order chi connectivity index (χ0) is 23.2. The van der Waals surface area contributed by atoms with Gasteiger partial charge in [-0.25, -0.2) is 9.97 Å². The SMILES string of the molecule is C=NC[C@@H](NC(=O)c1cn(-c2nc(NC3CCOCC3)ncc2C)cn1)c1cccc(Cl)c1. The third-order valence-corrected chi connectivity index (χ3v) is 5.66. The summed E-state index contributed by atoms with van der Waals surface area (Å²) in [7, 11) is 0. The first-order valence-electron chi connectivity index (χ1n) is 10.7. The molecule has 1 atom stereocenters. The van der Waals surface area contributed by atoms with E-state index in [1.165, 1.54) is 0 Å². The largest absolute Gasteiger partial charge is 0.381 e. The number of hydrogen-bond donors (Lipinski definition) is 2. The van der Waals surface area contributed by atoms with Crippen molar-refractivity contribution in [3.05, 3.63) is 64.8 Å². The van der Waals surface area contributed by atoms with E-state index in [9.17, 15) is 4.79 Å². The van der Waals surface area contributed by atoms with Crippen LogP contribution in [0.1, 0.15) is 40.5 Å². The molecule has 1 aliphatic rings. The summed E-state index contributed by atoms with van der Waals surface area (Å²) in [6.07, 6.45) is 6.81. The molecule has 2 N–H and O–H groups in total. The Bertz CT molecular complexity index is 1130. The second kappa shape index (κ2) is 10.5. The normalized spacial score (nSPS) is 15.1. The number of imidazole rings is 1. The van der Waals surface area contributed by atoms with E-state index in [0.29, 0.717) is 23.3 Å². The van der Waals surface area contributed by atoms with Crippen molar-refractivity contribution in [1.29, 1.82) is 0 Å². The molecule has 1 aromatic carbocycles. The van der Waals surface area contributed by atoms with Gasteiger partial charge in [0.25, 0.3) is 5.91 Å². The lowest BCUT2D eigenvalue weighted by molar-refractivity contribution is 0.0903. The molecule has 1 amide bonds. The molecular formula is C23H26ClN7O2. The fraction of sp³-hybridized carbons (Fsp3) is 0.348. The van der Waals surface area contributed by atoms with Crippen LogP contribution in [0, 0.1) is 6.92 Å². The number of carbonyl (C=O) groups excluding carboxylic acids is 1. The maximum absolute atomic E-state index is 12.9. The minimum Gasteiger partial charge on any atom is -0.381 e. The van der Waals surface area contributed by atoms with Crippen LogP contribution in [0.2, 0.25) is 5.02 Å². The average Bonchev–Trinajstić information content (AvgIpc) is 3.31. The molecule has 9 nitrogen and oxygen atoms in total. The van der Waals surface area contributed by atoms with E-state index < -0.39 is 0 Å². The molecule has 0 bridgehead atoms. The molecule has 4 rings (SSSR count). The first-order chi connectivity index (χ1) is 16.0. The van der Waals surface area contributed by atoms with Crippen molar-refractivity contribution in [3.63, 3.8) is 0 Å². The highest BCUT2D eigenvalue weighted by atomic mass is 35.5. The Kier molecular flexibility index (Phi) is 7.31. The quantitative estimate of drug-likeness (QED) is 0.492. The zero-order valence-electron chi connectivity index (χ0n) is 18.4. The second-order valence-electron chi connectivity index (χ2n) is 7.88. The lowest BCUT2D eigenvalue weighted by atomic mass is 10.1. The number of halogens is 1. The summed E-state index contributed by atoms with van der Waals surface area (Å²) in [5.74, 6) is 0.875. The van der Waals surface area contributed by atoms with Crippen LogP contribution in [0.5, 0.6) is 0 Å². The maximum Gasteiger partial charge on any atom is 0.272 e. The fourth-order valence-electron chi connectivity index (χ4n) is 3.66. The van der Waals surface area contributed by atoms with Gasteiger partial charge in [-0.05, 0) is 44.2 Å². The summed E-state index contributed by atoms with van der Waals surface area (Å²) < 4.78 is 7.13. The smallest absolute Gasteiger partial charge is 0.272 e. The summed E-state index contributed by atoms with van der Waals surface area (Å²) in [5.41, 5.74) is 1.98. The van der Waals surface area contributed by atoms with E-state index in [1.54, 1.807) is 35.4 Å². The van der Waals surface area contributed by atoms with E-state index in [-0.39, 0.29) is 23.7 Å². The van der Waals surface area contributed by atoms with Crippen LogP contribution in [-0.4, -0.2) is 57.9 Å². The molecule has 33 heavy (non-hydrogen) atoms. The van der Waals surface area contributed by atoms with Gasteiger partial charge in [0.1, 0.15) is 17.8 Å². The number of amides is 1. The summed E-state index contributed by atoms with van der Waals surface area (Å²) in [4.78, 5) is 30.2. The van der Waals surface area contributed by atoms with Gasteiger partial charge in [-0.15, -0.1) is 0 Å². The van der Waals surface area contributed by atoms with Gasteiger partial charge >= 0.3 is 0 Å². The van der Waals surface area contributed by atoms with Crippen molar-refractivity contribution in [1.82, 2.24) is 24.8 Å². The average molecular weight is 468 g/mol. The number of benzene rings is 1. The van der Waals surface area contributed by atoms with E-state index in [0.717, 1.165) is 37.2 Å². The summed E-state index contributed by atoms with van der Waals surface area (Å²) >= 11 is 6.10. The van der Waals surface area contributed by atoms with Crippen LogP contribution >= 0.6 is 11.6 Å². The number of carbonyl (C=O) groups is 1. The standard InChI is InChI=1S/C23H26ClN7O2/c1-15-11-26-23(28-18-6-8-33-9-7-18)30-21(15)31-13-20(27-14-31)22(32)29-19(12-25-2)16-4-3-5-17(24)10-16/h3-5,10-11,13-14,18-19H,2,6-9,12H2,1H3,(H,29,32)(H,26,28,30)/t19-/m1/s1. The molecular weight excluding hydrogens is 442 g/mol. The minimum absolute atomic E-state index is 0.267. The lowest BCUT2D eigenvalue weighted by Crippen LogP contribution is -2.30. The summed E-state index contributed by atoms with van der Waals surface area (Å²) in [6, 6.07) is 7.21. The third kappa shape index (κ3) is 5.74. The number of nitrogens with one attached hydrogen (secondary N) is 2. The van der Waals surface area contributed by atoms with E-state index in [4.69, 9.17) is 16.3 Å². The van der Waals surface area contributed by atoms with Gasteiger partial charge in [0, 0.05) is 42.2 Å². The number of hydrogen-bond acceptors (Lipinski definition) is 7. The van der Waals surface area contributed by atoms with Crippen LogP contribution in [0.3, 0.4) is 0 Å². The molecule has 0 unspecified atom stereocenters. The Balaban J connectivity index is 1.50. The molecule has 1 aliphatic heterocycles. The van der Waals surface area contributed by atoms with Gasteiger partial charge in [0.15, 0.2) is 0 Å². The maximum atomic E-state index is 12.9. The van der Waals surface area contributed by atoms with Crippen molar-refractivity contribution in [3.8, 4) is 5.82 Å². The molecule has 3 aromatic rings. The molecule has 172 valence electrons. The Morgan fingerprint density at radius 1 is 1.36 bits per heavy atom. The Hall–Kier alpha value is -3.30. The Morgan fingerprint density at radius 2 is 2.18 bits per heavy atom. The number of nitrogens with zero attached hydrogens (tertiary/aromatic N) is 5. The lowest BCUT2D eigenvalue weighted by Gasteiger charge is -2.23. The van der Waals surface area contributed by atoms with Gasteiger partial charge in [-0.2, -0.15) is 4.98 Å². The van der Waals surface area contributed by atoms with Crippen LogP contribution in [-0.2, 0) is 4.74 Å². The predicted molar refractivity (Wildman–Crippen MR) is 127 cm³/mol. The van der Waals surface area contributed by atoms with Crippen molar-refractivity contribution in [2.75, 3.05) is 25.1 Å². The number of aliphatic imine (C=N–C) groups is 1. The number of aryl methyl sites for hydroxylation is 1. The molecule has 1 fully saturated rings. The fourth-order valence-corrected chi connectivity index (χ4v) is 3.86. The van der Waals surface area contributed by atoms with Gasteiger partial charge in [-0.3, -0.25) is 14.4 Å². The molecule has 1 saturated heterocycles. The minimum atomic E-state index is -0.366. The predicted octanol–water partition coefficient (Wildman–Crippen LogP) is 3.39. The van der Waals surface area contributed by atoms with Crippen LogP contribution in [0.15, 0.2) is 48.0 Å². The van der Waals surface area contributed by atoms with Crippen molar-refractivity contribution < 1.29 is 9.53 Å². The molecule has 3 heterocycles. The number of aromatic nitrogens is 4. The van der Waals surface area contributed by atoms with E-state index in [1.807, 2.05) is 19.1 Å². The Labute approximate surface area is 197 Å². The summed E-state index contributed by atoms with van der Waals surface area (Å²) in [5, 5.41) is 6.91. The monoisotopic (exact) mass is 467 g/mol. The van der Waals surface area contributed by atoms with Crippen LogP contribution in [0.4, 0.5) is 5.95 Å². The van der Waals surface area contributed by atoms with Gasteiger partial charge in [0.05, 0.1) is 12.6 Å². The van der Waals surface area contributed by atoms with E-state index in [2.05, 4.69) is 37.3 Å².